The lowest BCUT2D eigenvalue weighted by Crippen LogP contribution is -2.19. The van der Waals surface area contributed by atoms with Gasteiger partial charge in [0.1, 0.15) is 11.1 Å². The van der Waals surface area contributed by atoms with Gasteiger partial charge in [-0.15, -0.1) is 11.8 Å². The van der Waals surface area contributed by atoms with Crippen molar-refractivity contribution in [2.24, 2.45) is 0 Å². The third-order valence-corrected chi connectivity index (χ3v) is 5.42. The molecule has 1 unspecified atom stereocenters. The van der Waals surface area contributed by atoms with Crippen molar-refractivity contribution in [1.82, 2.24) is 0 Å². The number of halogens is 2. The van der Waals surface area contributed by atoms with Crippen molar-refractivity contribution in [3.8, 4) is 0 Å². The number of rotatable bonds is 5. The van der Waals surface area contributed by atoms with Crippen LogP contribution in [0, 0.1) is 5.82 Å². The van der Waals surface area contributed by atoms with Crippen LogP contribution in [-0.4, -0.2) is 5.91 Å². The van der Waals surface area contributed by atoms with Gasteiger partial charge in [0.25, 0.3) is 0 Å². The minimum Gasteiger partial charge on any atom is -0.399 e. The highest BCUT2D eigenvalue weighted by Crippen LogP contribution is 2.36. The fourth-order valence-corrected chi connectivity index (χ4v) is 3.73. The number of carbonyl (C=O) groups excluding carboxylic acids is 1. The van der Waals surface area contributed by atoms with Gasteiger partial charge in [-0.3, -0.25) is 4.79 Å². The van der Waals surface area contributed by atoms with E-state index in [-0.39, 0.29) is 11.6 Å². The number of nitrogens with two attached hydrogens (primary N) is 1. The van der Waals surface area contributed by atoms with Gasteiger partial charge in [0, 0.05) is 15.1 Å². The molecule has 3 rings (SSSR count). The molecule has 1 amide bonds. The minimum absolute atomic E-state index is 0.150. The molecule has 1 atom stereocenters. The largest absolute Gasteiger partial charge is 0.399 e. The number of carbonyl (C=O) groups is 1. The van der Waals surface area contributed by atoms with Crippen molar-refractivity contribution < 1.29 is 9.18 Å². The molecule has 0 spiro atoms. The Morgan fingerprint density at radius 3 is 2.38 bits per heavy atom. The molecule has 0 saturated heterocycles. The molecule has 6 heteroatoms. The van der Waals surface area contributed by atoms with Crippen LogP contribution in [0.2, 0.25) is 0 Å². The Bertz CT molecular complexity index is 903. The summed E-state index contributed by atoms with van der Waals surface area (Å²) >= 11 is 4.60. The molecule has 26 heavy (non-hydrogen) atoms. The zero-order valence-corrected chi connectivity index (χ0v) is 16.1. The van der Waals surface area contributed by atoms with Crippen molar-refractivity contribution in [3.05, 3.63) is 88.6 Å². The summed E-state index contributed by atoms with van der Waals surface area (Å²) in [4.78, 5) is 13.8. The molecule has 0 aromatic heterocycles. The number of thioether (sulfide) groups is 1. The second-order valence-electron chi connectivity index (χ2n) is 5.59. The van der Waals surface area contributed by atoms with E-state index in [1.54, 1.807) is 18.2 Å². The summed E-state index contributed by atoms with van der Waals surface area (Å²) < 4.78 is 14.7. The van der Waals surface area contributed by atoms with Crippen LogP contribution in [0.3, 0.4) is 0 Å². The molecule has 0 heterocycles. The van der Waals surface area contributed by atoms with Crippen molar-refractivity contribution in [2.75, 3.05) is 11.1 Å². The maximum Gasteiger partial charge on any atom is 0.242 e. The van der Waals surface area contributed by atoms with Crippen molar-refractivity contribution >= 4 is 45.0 Å². The number of anilines is 2. The van der Waals surface area contributed by atoms with Gasteiger partial charge in [-0.1, -0.05) is 46.3 Å². The highest BCUT2D eigenvalue weighted by molar-refractivity contribution is 9.10. The van der Waals surface area contributed by atoms with Gasteiger partial charge in [-0.25, -0.2) is 4.39 Å². The Balaban J connectivity index is 1.87. The fraction of sp³-hybridized carbons (Fsp3) is 0.0500. The van der Waals surface area contributed by atoms with Gasteiger partial charge in [-0.05, 0) is 48.0 Å². The molecule has 0 aliphatic rings. The van der Waals surface area contributed by atoms with Crippen LogP contribution in [0.1, 0.15) is 10.8 Å². The van der Waals surface area contributed by atoms with Gasteiger partial charge in [0.2, 0.25) is 5.91 Å². The first-order valence-electron chi connectivity index (χ1n) is 7.86. The molecule has 0 saturated carbocycles. The first-order chi connectivity index (χ1) is 12.5. The highest BCUT2D eigenvalue weighted by Gasteiger charge is 2.23. The SMILES string of the molecule is Nc1ccc(SC(C(=O)Nc2ccc(Br)cc2F)c2ccccc2)cc1. The van der Waals surface area contributed by atoms with Crippen LogP contribution in [0.4, 0.5) is 15.8 Å². The Morgan fingerprint density at radius 1 is 1.04 bits per heavy atom. The third kappa shape index (κ3) is 4.65. The van der Waals surface area contributed by atoms with E-state index in [1.165, 1.54) is 23.9 Å². The van der Waals surface area contributed by atoms with Crippen LogP contribution >= 0.6 is 27.7 Å². The fourth-order valence-electron chi connectivity index (χ4n) is 2.37. The zero-order chi connectivity index (χ0) is 18.5. The average molecular weight is 431 g/mol. The number of benzene rings is 3. The average Bonchev–Trinajstić information content (AvgIpc) is 2.64. The number of nitrogens with one attached hydrogen (secondary N) is 1. The zero-order valence-electron chi connectivity index (χ0n) is 13.7. The van der Waals surface area contributed by atoms with Gasteiger partial charge >= 0.3 is 0 Å². The molecular weight excluding hydrogens is 415 g/mol. The summed E-state index contributed by atoms with van der Waals surface area (Å²) in [5.41, 5.74) is 7.37. The summed E-state index contributed by atoms with van der Waals surface area (Å²) in [5, 5.41) is 2.16. The lowest BCUT2D eigenvalue weighted by atomic mass is 10.1. The molecule has 132 valence electrons. The summed E-state index contributed by atoms with van der Waals surface area (Å²) in [7, 11) is 0. The first-order valence-corrected chi connectivity index (χ1v) is 9.53. The van der Waals surface area contributed by atoms with Crippen molar-refractivity contribution in [1.29, 1.82) is 0 Å². The van der Waals surface area contributed by atoms with Crippen LogP contribution in [0.15, 0.2) is 82.2 Å². The standard InChI is InChI=1S/C20H16BrFN2OS/c21-14-6-11-18(17(22)12-14)24-20(25)19(13-4-2-1-3-5-13)26-16-9-7-15(23)8-10-16/h1-12,19H,23H2,(H,24,25). The normalized spacial score (nSPS) is 11.8. The second-order valence-corrected chi connectivity index (χ2v) is 7.69. The van der Waals surface area contributed by atoms with E-state index in [0.717, 1.165) is 10.5 Å². The number of amides is 1. The number of nitrogen functional groups attached to an aromatic ring is 1. The Labute approximate surface area is 163 Å². The summed E-state index contributed by atoms with van der Waals surface area (Å²) in [6.45, 7) is 0. The third-order valence-electron chi connectivity index (χ3n) is 3.66. The quantitative estimate of drug-likeness (QED) is 0.406. The van der Waals surface area contributed by atoms with E-state index in [4.69, 9.17) is 5.73 Å². The molecule has 0 aliphatic carbocycles. The van der Waals surface area contributed by atoms with Crippen LogP contribution in [-0.2, 0) is 4.79 Å². The predicted octanol–water partition coefficient (Wildman–Crippen LogP) is 5.64. The predicted molar refractivity (Wildman–Crippen MR) is 109 cm³/mol. The Hall–Kier alpha value is -2.31. The summed E-state index contributed by atoms with van der Waals surface area (Å²) in [6, 6.07) is 21.2. The van der Waals surface area contributed by atoms with E-state index in [1.807, 2.05) is 42.5 Å². The summed E-state index contributed by atoms with van der Waals surface area (Å²) in [5.74, 6) is -0.781. The molecule has 3 aromatic carbocycles. The number of hydrogen-bond donors (Lipinski definition) is 2. The lowest BCUT2D eigenvalue weighted by Gasteiger charge is -2.17. The van der Waals surface area contributed by atoms with Crippen molar-refractivity contribution in [2.45, 2.75) is 10.1 Å². The van der Waals surface area contributed by atoms with Crippen molar-refractivity contribution in [3.63, 3.8) is 0 Å². The van der Waals surface area contributed by atoms with Crippen LogP contribution in [0.25, 0.3) is 0 Å². The van der Waals surface area contributed by atoms with Gasteiger partial charge in [-0.2, -0.15) is 0 Å². The summed E-state index contributed by atoms with van der Waals surface area (Å²) in [6.07, 6.45) is 0. The lowest BCUT2D eigenvalue weighted by molar-refractivity contribution is -0.115. The van der Waals surface area contributed by atoms with E-state index in [9.17, 15) is 9.18 Å². The molecule has 3 nitrogen and oxygen atoms in total. The molecule has 0 fully saturated rings. The van der Waals surface area contributed by atoms with Gasteiger partial charge in [0.15, 0.2) is 0 Å². The molecular formula is C20H16BrFN2OS. The second kappa shape index (κ2) is 8.38. The minimum atomic E-state index is -0.525. The van der Waals surface area contributed by atoms with E-state index < -0.39 is 11.1 Å². The Kier molecular flexibility index (Phi) is 5.96. The number of hydrogen-bond acceptors (Lipinski definition) is 3. The maximum atomic E-state index is 14.1. The van der Waals surface area contributed by atoms with E-state index >= 15 is 0 Å². The van der Waals surface area contributed by atoms with Gasteiger partial charge in [0.05, 0.1) is 5.69 Å². The highest BCUT2D eigenvalue weighted by atomic mass is 79.9. The molecule has 0 aliphatic heterocycles. The smallest absolute Gasteiger partial charge is 0.242 e. The molecule has 0 radical (unpaired) electrons. The Morgan fingerprint density at radius 2 is 1.73 bits per heavy atom. The molecule has 3 aromatic rings. The van der Waals surface area contributed by atoms with E-state index in [0.29, 0.717) is 10.2 Å². The molecule has 0 bridgehead atoms. The van der Waals surface area contributed by atoms with Gasteiger partial charge < -0.3 is 11.1 Å². The van der Waals surface area contributed by atoms with Crippen LogP contribution in [0.5, 0.6) is 0 Å². The monoisotopic (exact) mass is 430 g/mol. The van der Waals surface area contributed by atoms with E-state index in [2.05, 4.69) is 21.2 Å². The topological polar surface area (TPSA) is 55.1 Å². The van der Waals surface area contributed by atoms with Crippen LogP contribution < -0.4 is 11.1 Å². The maximum absolute atomic E-state index is 14.1. The first kappa shape index (κ1) is 18.5. The molecule has 3 N–H and O–H groups in total.